The highest BCUT2D eigenvalue weighted by Gasteiger charge is 2.20. The molecule has 0 fully saturated rings. The minimum Gasteiger partial charge on any atom is -0.379 e. The molecule has 21 heavy (non-hydrogen) atoms. The average molecular weight is 303 g/mol. The largest absolute Gasteiger partial charge is 0.379 e. The molecule has 0 saturated carbocycles. The number of aliphatic hydroxyl groups is 1. The third-order valence-electron chi connectivity index (χ3n) is 2.85. The summed E-state index contributed by atoms with van der Waals surface area (Å²) in [5.74, 6) is -0.0628. The van der Waals surface area contributed by atoms with Crippen molar-refractivity contribution >= 4 is 10.1 Å². The molecule has 0 radical (unpaired) electrons. The van der Waals surface area contributed by atoms with Crippen molar-refractivity contribution in [2.45, 2.75) is 17.9 Å². The summed E-state index contributed by atoms with van der Waals surface area (Å²) < 4.78 is 29.4. The molecular formula is C15H13NO4S. The summed E-state index contributed by atoms with van der Waals surface area (Å²) in [7, 11) is -4.01. The summed E-state index contributed by atoms with van der Waals surface area (Å²) in [6.07, 6.45) is -1.45. The summed E-state index contributed by atoms with van der Waals surface area (Å²) in [5.41, 5.74) is 1.03. The van der Waals surface area contributed by atoms with Crippen LogP contribution in [0.25, 0.3) is 0 Å². The molecule has 0 saturated heterocycles. The molecule has 0 bridgehead atoms. The Morgan fingerprint density at radius 1 is 1.14 bits per heavy atom. The lowest BCUT2D eigenvalue weighted by atomic mass is 10.1. The van der Waals surface area contributed by atoms with Gasteiger partial charge in [-0.2, -0.15) is 13.7 Å². The van der Waals surface area contributed by atoms with Gasteiger partial charge in [0.25, 0.3) is 0 Å². The van der Waals surface area contributed by atoms with Gasteiger partial charge in [0.05, 0.1) is 6.07 Å². The van der Waals surface area contributed by atoms with Gasteiger partial charge in [-0.05, 0) is 25.1 Å². The first kappa shape index (κ1) is 15.0. The molecule has 1 unspecified atom stereocenters. The van der Waals surface area contributed by atoms with Crippen molar-refractivity contribution in [3.63, 3.8) is 0 Å². The van der Waals surface area contributed by atoms with Crippen molar-refractivity contribution in [2.75, 3.05) is 0 Å². The Kier molecular flexibility index (Phi) is 4.26. The van der Waals surface area contributed by atoms with E-state index in [0.29, 0.717) is 0 Å². The van der Waals surface area contributed by atoms with Gasteiger partial charge in [-0.3, -0.25) is 0 Å². The average Bonchev–Trinajstić information content (AvgIpc) is 2.47. The van der Waals surface area contributed by atoms with Gasteiger partial charge >= 0.3 is 10.1 Å². The zero-order chi connectivity index (χ0) is 15.5. The van der Waals surface area contributed by atoms with E-state index >= 15 is 0 Å². The number of hydrogen-bond donors (Lipinski definition) is 1. The van der Waals surface area contributed by atoms with E-state index in [1.807, 2.05) is 6.92 Å². The standard InChI is InChI=1S/C15H13NO4S/c1-11-6-8-12(9-7-11)21(18,19)20-15-5-3-2-4-13(15)14(17)10-16/h2-9,14,17H,1H3. The van der Waals surface area contributed by atoms with Crippen LogP contribution in [0.3, 0.4) is 0 Å². The Morgan fingerprint density at radius 2 is 1.76 bits per heavy atom. The van der Waals surface area contributed by atoms with Crippen molar-refractivity contribution in [2.24, 2.45) is 0 Å². The number of rotatable bonds is 4. The smallest absolute Gasteiger partial charge is 0.339 e. The van der Waals surface area contributed by atoms with Crippen LogP contribution in [0, 0.1) is 18.3 Å². The van der Waals surface area contributed by atoms with Gasteiger partial charge in [-0.1, -0.05) is 35.9 Å². The van der Waals surface area contributed by atoms with Gasteiger partial charge in [0.1, 0.15) is 10.6 Å². The van der Waals surface area contributed by atoms with E-state index < -0.39 is 16.2 Å². The Labute approximate surface area is 123 Å². The van der Waals surface area contributed by atoms with Crippen LogP contribution in [0.15, 0.2) is 53.4 Å². The van der Waals surface area contributed by atoms with Gasteiger partial charge < -0.3 is 9.29 Å². The third kappa shape index (κ3) is 3.40. The van der Waals surface area contributed by atoms with Crippen LogP contribution in [-0.4, -0.2) is 13.5 Å². The minimum absolute atomic E-state index is 0.00866. The second-order valence-electron chi connectivity index (χ2n) is 4.42. The molecule has 1 N–H and O–H groups in total. The first-order valence-electron chi connectivity index (χ1n) is 6.12. The van der Waals surface area contributed by atoms with Crippen LogP contribution in [-0.2, 0) is 10.1 Å². The summed E-state index contributed by atoms with van der Waals surface area (Å²) in [4.78, 5) is 0.00866. The molecule has 2 rings (SSSR count). The summed E-state index contributed by atoms with van der Waals surface area (Å²) >= 11 is 0. The number of para-hydroxylation sites is 1. The van der Waals surface area contributed by atoms with E-state index in [-0.39, 0.29) is 16.2 Å². The lowest BCUT2D eigenvalue weighted by Gasteiger charge is -2.12. The van der Waals surface area contributed by atoms with E-state index in [1.165, 1.54) is 24.3 Å². The molecule has 0 spiro atoms. The van der Waals surface area contributed by atoms with Crippen molar-refractivity contribution in [3.05, 3.63) is 59.7 Å². The SMILES string of the molecule is Cc1ccc(S(=O)(=O)Oc2ccccc2C(O)C#N)cc1. The highest BCUT2D eigenvalue weighted by Crippen LogP contribution is 2.27. The summed E-state index contributed by atoms with van der Waals surface area (Å²) in [5, 5.41) is 18.3. The number of nitriles is 1. The number of nitrogens with zero attached hydrogens (tertiary/aromatic N) is 1. The van der Waals surface area contributed by atoms with Crippen LogP contribution in [0.5, 0.6) is 5.75 Å². The topological polar surface area (TPSA) is 87.4 Å². The first-order chi connectivity index (χ1) is 9.94. The van der Waals surface area contributed by atoms with Crippen LogP contribution in [0.4, 0.5) is 0 Å². The Bertz CT molecular complexity index is 776. The van der Waals surface area contributed by atoms with Gasteiger partial charge in [0, 0.05) is 5.56 Å². The Hall–Kier alpha value is -2.36. The van der Waals surface area contributed by atoms with Crippen LogP contribution >= 0.6 is 0 Å². The molecule has 0 amide bonds. The number of benzene rings is 2. The van der Waals surface area contributed by atoms with Crippen LogP contribution < -0.4 is 4.18 Å². The van der Waals surface area contributed by atoms with Crippen LogP contribution in [0.2, 0.25) is 0 Å². The van der Waals surface area contributed by atoms with E-state index in [2.05, 4.69) is 0 Å². The molecular weight excluding hydrogens is 290 g/mol. The molecule has 0 heterocycles. The molecule has 1 atom stereocenters. The quantitative estimate of drug-likeness (QED) is 0.692. The van der Waals surface area contributed by atoms with Crippen molar-refractivity contribution in [1.82, 2.24) is 0 Å². The van der Waals surface area contributed by atoms with Gasteiger partial charge in [0.15, 0.2) is 6.10 Å². The van der Waals surface area contributed by atoms with E-state index in [1.54, 1.807) is 30.3 Å². The zero-order valence-corrected chi connectivity index (χ0v) is 12.0. The zero-order valence-electron chi connectivity index (χ0n) is 11.2. The molecule has 0 aromatic heterocycles. The normalized spacial score (nSPS) is 12.4. The summed E-state index contributed by atoms with van der Waals surface area (Å²) in [6.45, 7) is 1.84. The Morgan fingerprint density at radius 3 is 2.38 bits per heavy atom. The summed E-state index contributed by atoms with van der Waals surface area (Å²) in [6, 6.07) is 13.8. The number of hydrogen-bond acceptors (Lipinski definition) is 5. The minimum atomic E-state index is -4.01. The maximum Gasteiger partial charge on any atom is 0.339 e. The van der Waals surface area contributed by atoms with E-state index in [9.17, 15) is 13.5 Å². The molecule has 2 aromatic carbocycles. The van der Waals surface area contributed by atoms with E-state index in [4.69, 9.17) is 9.44 Å². The fourth-order valence-electron chi connectivity index (χ4n) is 1.72. The van der Waals surface area contributed by atoms with E-state index in [0.717, 1.165) is 5.56 Å². The van der Waals surface area contributed by atoms with Gasteiger partial charge in [-0.25, -0.2) is 0 Å². The van der Waals surface area contributed by atoms with Crippen molar-refractivity contribution in [3.8, 4) is 11.8 Å². The van der Waals surface area contributed by atoms with Crippen molar-refractivity contribution < 1.29 is 17.7 Å². The maximum absolute atomic E-state index is 12.2. The molecule has 0 aliphatic heterocycles. The Balaban J connectivity index is 2.38. The van der Waals surface area contributed by atoms with Crippen molar-refractivity contribution in [1.29, 1.82) is 5.26 Å². The lowest BCUT2D eigenvalue weighted by molar-refractivity contribution is 0.233. The molecule has 6 heteroatoms. The predicted molar refractivity (Wildman–Crippen MR) is 76.0 cm³/mol. The maximum atomic E-state index is 12.2. The second-order valence-corrected chi connectivity index (χ2v) is 5.97. The number of aliphatic hydroxyl groups excluding tert-OH is 1. The fraction of sp³-hybridized carbons (Fsp3) is 0.133. The van der Waals surface area contributed by atoms with Gasteiger partial charge in [-0.15, -0.1) is 0 Å². The number of aryl methyl sites for hydroxylation is 1. The second kappa shape index (κ2) is 5.95. The highest BCUT2D eigenvalue weighted by molar-refractivity contribution is 7.87. The molecule has 0 aliphatic rings. The van der Waals surface area contributed by atoms with Crippen LogP contribution in [0.1, 0.15) is 17.2 Å². The highest BCUT2D eigenvalue weighted by atomic mass is 32.2. The molecule has 5 nitrogen and oxygen atoms in total. The molecule has 108 valence electrons. The predicted octanol–water partition coefficient (Wildman–Crippen LogP) is 2.32. The fourth-order valence-corrected chi connectivity index (χ4v) is 2.68. The third-order valence-corrected chi connectivity index (χ3v) is 4.09. The van der Waals surface area contributed by atoms with Gasteiger partial charge in [0.2, 0.25) is 0 Å². The lowest BCUT2D eigenvalue weighted by Crippen LogP contribution is -2.11. The molecule has 0 aliphatic carbocycles. The first-order valence-corrected chi connectivity index (χ1v) is 7.52. The monoisotopic (exact) mass is 303 g/mol. The molecule has 2 aromatic rings.